The van der Waals surface area contributed by atoms with Crippen molar-refractivity contribution in [3.05, 3.63) is 35.9 Å². The molecular formula is C24H34N2O9. The van der Waals surface area contributed by atoms with E-state index in [1.165, 1.54) is 14.0 Å². The number of esters is 1. The zero-order chi connectivity index (χ0) is 25.4. The number of methoxy groups -OCH3 is 1. The lowest BCUT2D eigenvalue weighted by atomic mass is 9.80. The summed E-state index contributed by atoms with van der Waals surface area (Å²) in [6, 6.07) is 9.20. The minimum absolute atomic E-state index is 0.00768. The fraction of sp³-hybridized carbons (Fsp3) is 0.625. The summed E-state index contributed by atoms with van der Waals surface area (Å²) in [6.07, 6.45) is -3.82. The maximum Gasteiger partial charge on any atom is 0.305 e. The van der Waals surface area contributed by atoms with Gasteiger partial charge in [0.25, 0.3) is 0 Å². The van der Waals surface area contributed by atoms with Gasteiger partial charge < -0.3 is 39.8 Å². The van der Waals surface area contributed by atoms with Crippen LogP contribution in [0.2, 0.25) is 0 Å². The van der Waals surface area contributed by atoms with E-state index < -0.39 is 42.3 Å². The van der Waals surface area contributed by atoms with E-state index in [1.54, 1.807) is 0 Å². The third-order valence-electron chi connectivity index (χ3n) is 6.25. The van der Waals surface area contributed by atoms with Gasteiger partial charge in [-0.05, 0) is 19.3 Å². The zero-order valence-corrected chi connectivity index (χ0v) is 20.0. The molecule has 6 atom stereocenters. The summed E-state index contributed by atoms with van der Waals surface area (Å²) >= 11 is 0. The average molecular weight is 495 g/mol. The van der Waals surface area contributed by atoms with E-state index in [1.807, 2.05) is 30.3 Å². The largest absolute Gasteiger partial charge is 0.469 e. The molecule has 1 aromatic carbocycles. The molecule has 0 aromatic heterocycles. The number of amides is 2. The van der Waals surface area contributed by atoms with Crippen LogP contribution in [-0.4, -0.2) is 78.4 Å². The second-order valence-electron chi connectivity index (χ2n) is 8.75. The van der Waals surface area contributed by atoms with Gasteiger partial charge in [0.15, 0.2) is 12.6 Å². The molecule has 0 radical (unpaired) electrons. The van der Waals surface area contributed by atoms with Crippen LogP contribution in [0.25, 0.3) is 0 Å². The van der Waals surface area contributed by atoms with E-state index in [9.17, 15) is 24.6 Å². The smallest absolute Gasteiger partial charge is 0.305 e. The van der Waals surface area contributed by atoms with E-state index in [4.69, 9.17) is 14.2 Å². The lowest BCUT2D eigenvalue weighted by Crippen LogP contribution is -2.74. The predicted molar refractivity (Wildman–Crippen MR) is 122 cm³/mol. The van der Waals surface area contributed by atoms with E-state index in [2.05, 4.69) is 15.4 Å². The van der Waals surface area contributed by atoms with Crippen molar-refractivity contribution in [1.82, 2.24) is 10.6 Å². The zero-order valence-electron chi connectivity index (χ0n) is 20.0. The fourth-order valence-corrected chi connectivity index (χ4v) is 4.40. The molecule has 11 nitrogen and oxygen atoms in total. The summed E-state index contributed by atoms with van der Waals surface area (Å²) in [6.45, 7) is 1.41. The van der Waals surface area contributed by atoms with Crippen LogP contribution in [0.5, 0.6) is 0 Å². The third-order valence-corrected chi connectivity index (χ3v) is 6.25. The normalized spacial score (nSPS) is 30.1. The van der Waals surface area contributed by atoms with Crippen molar-refractivity contribution in [2.75, 3.05) is 20.3 Å². The topological polar surface area (TPSA) is 153 Å². The van der Waals surface area contributed by atoms with Crippen LogP contribution < -0.4 is 10.6 Å². The Bertz CT molecular complexity index is 868. The first-order valence-corrected chi connectivity index (χ1v) is 11.7. The minimum atomic E-state index is -1.61. The first-order chi connectivity index (χ1) is 16.8. The van der Waals surface area contributed by atoms with Gasteiger partial charge in [-0.3, -0.25) is 14.4 Å². The summed E-state index contributed by atoms with van der Waals surface area (Å²) in [4.78, 5) is 35.4. The number of nitrogens with one attached hydrogen (secondary N) is 2. The number of hydrogen-bond acceptors (Lipinski definition) is 9. The van der Waals surface area contributed by atoms with Crippen molar-refractivity contribution in [3.8, 4) is 0 Å². The first-order valence-electron chi connectivity index (χ1n) is 11.7. The molecule has 2 aliphatic heterocycles. The maximum absolute atomic E-state index is 12.2. The number of hydrogen-bond donors (Lipinski definition) is 4. The van der Waals surface area contributed by atoms with Crippen molar-refractivity contribution < 1.29 is 43.5 Å². The van der Waals surface area contributed by atoms with Gasteiger partial charge in [0.2, 0.25) is 11.8 Å². The number of carbonyl (C=O) groups is 3. The highest BCUT2D eigenvalue weighted by atomic mass is 16.7. The number of aliphatic hydroxyl groups is 2. The lowest BCUT2D eigenvalue weighted by Gasteiger charge is -2.53. The molecule has 0 saturated carbocycles. The molecule has 2 amide bonds. The Labute approximate surface area is 204 Å². The number of ether oxygens (including phenoxy) is 4. The quantitative estimate of drug-likeness (QED) is 0.266. The molecule has 1 aromatic rings. The minimum Gasteiger partial charge on any atom is -0.469 e. The SMILES string of the molecule is COC(=O)CCCCC(=O)NCC[C@]1(NC(C)=O)[C@@H](O)O[C@@H]2COC(c3ccccc3)O[C@@H]2[C@@H]1O. The highest BCUT2D eigenvalue weighted by molar-refractivity contribution is 5.76. The summed E-state index contributed by atoms with van der Waals surface area (Å²) < 4.78 is 22.0. The average Bonchev–Trinajstić information content (AvgIpc) is 2.85. The Balaban J connectivity index is 1.63. The van der Waals surface area contributed by atoms with E-state index in [0.29, 0.717) is 12.8 Å². The molecule has 2 fully saturated rings. The Morgan fingerprint density at radius 3 is 2.51 bits per heavy atom. The summed E-state index contributed by atoms with van der Waals surface area (Å²) in [5.74, 6) is -1.06. The van der Waals surface area contributed by atoms with Gasteiger partial charge in [-0.1, -0.05) is 30.3 Å². The van der Waals surface area contributed by atoms with Crippen LogP contribution in [0.1, 0.15) is 50.9 Å². The Hall–Kier alpha value is -2.57. The van der Waals surface area contributed by atoms with Crippen LogP contribution in [0.15, 0.2) is 30.3 Å². The maximum atomic E-state index is 12.2. The molecule has 194 valence electrons. The van der Waals surface area contributed by atoms with Crippen LogP contribution in [0.3, 0.4) is 0 Å². The van der Waals surface area contributed by atoms with Gasteiger partial charge in [-0.2, -0.15) is 0 Å². The number of fused-ring (bicyclic) bond motifs is 1. The fourth-order valence-electron chi connectivity index (χ4n) is 4.40. The van der Waals surface area contributed by atoms with Gasteiger partial charge in [-0.25, -0.2) is 0 Å². The number of benzene rings is 1. The number of carbonyl (C=O) groups excluding carboxylic acids is 3. The number of unbranched alkanes of at least 4 members (excludes halogenated alkanes) is 1. The second-order valence-corrected chi connectivity index (χ2v) is 8.75. The monoisotopic (exact) mass is 494 g/mol. The van der Waals surface area contributed by atoms with Crippen LogP contribution in [-0.2, 0) is 33.3 Å². The van der Waals surface area contributed by atoms with Crippen LogP contribution >= 0.6 is 0 Å². The Morgan fingerprint density at radius 2 is 1.83 bits per heavy atom. The van der Waals surface area contributed by atoms with Crippen molar-refractivity contribution in [3.63, 3.8) is 0 Å². The van der Waals surface area contributed by atoms with Crippen LogP contribution in [0.4, 0.5) is 0 Å². The molecule has 0 spiro atoms. The molecule has 4 N–H and O–H groups in total. The lowest BCUT2D eigenvalue weighted by molar-refractivity contribution is -0.354. The molecule has 2 heterocycles. The van der Waals surface area contributed by atoms with Crippen molar-refractivity contribution >= 4 is 17.8 Å². The van der Waals surface area contributed by atoms with Gasteiger partial charge in [0.1, 0.15) is 23.9 Å². The number of rotatable bonds is 10. The molecule has 2 saturated heterocycles. The van der Waals surface area contributed by atoms with Gasteiger partial charge in [-0.15, -0.1) is 0 Å². The van der Waals surface area contributed by atoms with Crippen molar-refractivity contribution in [2.24, 2.45) is 0 Å². The molecule has 35 heavy (non-hydrogen) atoms. The third kappa shape index (κ3) is 6.77. The van der Waals surface area contributed by atoms with Crippen LogP contribution in [0, 0.1) is 0 Å². The van der Waals surface area contributed by atoms with Gasteiger partial charge >= 0.3 is 5.97 Å². The summed E-state index contributed by atoms with van der Waals surface area (Å²) in [7, 11) is 1.31. The number of aliphatic hydroxyl groups excluding tert-OH is 2. The highest BCUT2D eigenvalue weighted by Gasteiger charge is 2.58. The van der Waals surface area contributed by atoms with E-state index in [-0.39, 0.29) is 44.3 Å². The van der Waals surface area contributed by atoms with Gasteiger partial charge in [0.05, 0.1) is 13.7 Å². The molecule has 2 aliphatic rings. The van der Waals surface area contributed by atoms with Crippen molar-refractivity contribution in [2.45, 2.75) is 75.5 Å². The Morgan fingerprint density at radius 1 is 1.11 bits per heavy atom. The van der Waals surface area contributed by atoms with Crippen molar-refractivity contribution in [1.29, 1.82) is 0 Å². The molecule has 3 rings (SSSR count). The first kappa shape index (κ1) is 27.0. The van der Waals surface area contributed by atoms with E-state index >= 15 is 0 Å². The predicted octanol–water partition coefficient (Wildman–Crippen LogP) is 0.293. The van der Waals surface area contributed by atoms with E-state index in [0.717, 1.165) is 5.56 Å². The summed E-state index contributed by atoms with van der Waals surface area (Å²) in [5.41, 5.74) is -0.849. The van der Waals surface area contributed by atoms with Gasteiger partial charge in [0, 0.05) is 31.9 Å². The molecular weight excluding hydrogens is 460 g/mol. The standard InChI is InChI=1S/C24H34N2O9/c1-15(27)26-24(12-13-25-18(28)10-6-7-11-19(29)32-2)21(30)20-17(34-23(24)31)14-33-22(35-20)16-8-4-3-5-9-16/h3-5,8-9,17,20-23,30-31H,6-7,10-14H2,1-2H3,(H,25,28)(H,26,27)/t17-,20+,21+,22?,23+,24-/m1/s1. The second kappa shape index (κ2) is 12.4. The molecule has 0 bridgehead atoms. The molecule has 11 heteroatoms. The molecule has 1 unspecified atom stereocenters. The molecule has 0 aliphatic carbocycles. The summed E-state index contributed by atoms with van der Waals surface area (Å²) in [5, 5.41) is 27.5. The highest BCUT2D eigenvalue weighted by Crippen LogP contribution is 2.38. The Kier molecular flexibility index (Phi) is 9.58.